The third kappa shape index (κ3) is 1.82. The maximum absolute atomic E-state index is 10.7. The first-order valence-corrected chi connectivity index (χ1v) is 5.56. The van der Waals surface area contributed by atoms with Gasteiger partial charge in [0, 0.05) is 12.3 Å². The first kappa shape index (κ1) is 9.30. The van der Waals surface area contributed by atoms with Crippen LogP contribution in [0.25, 0.3) is 0 Å². The molecule has 0 aromatic heterocycles. The lowest BCUT2D eigenvalue weighted by Gasteiger charge is -2.33. The summed E-state index contributed by atoms with van der Waals surface area (Å²) in [7, 11) is 0. The number of hydrogen-bond donors (Lipinski definition) is 3. The van der Waals surface area contributed by atoms with Gasteiger partial charge in [-0.15, -0.1) is 11.8 Å². The van der Waals surface area contributed by atoms with Crippen molar-refractivity contribution in [1.29, 1.82) is 0 Å². The summed E-state index contributed by atoms with van der Waals surface area (Å²) in [5.74, 6) is -0.0354. The van der Waals surface area contributed by atoms with Crippen molar-refractivity contribution >= 4 is 17.7 Å². The Morgan fingerprint density at radius 3 is 3.00 bits per heavy atom. The quantitative estimate of drug-likeness (QED) is 0.552. The second-order valence-corrected chi connectivity index (χ2v) is 5.02. The Hall–Kier alpha value is -0.260. The molecule has 2 rings (SSSR count). The lowest BCUT2D eigenvalue weighted by atomic mass is 10.1. The van der Waals surface area contributed by atoms with Gasteiger partial charge in [0.2, 0.25) is 0 Å². The molecule has 3 N–H and O–H groups in total. The number of carboxylic acid groups (broad SMARTS) is 1. The molecule has 1 spiro atoms. The highest BCUT2D eigenvalue weighted by molar-refractivity contribution is 8.01. The largest absolute Gasteiger partial charge is 0.480 e. The number of thioether (sulfide) groups is 1. The van der Waals surface area contributed by atoms with Crippen LogP contribution in [0.2, 0.25) is 0 Å². The number of piperidine rings is 1. The predicted octanol–water partition coefficient (Wildman–Crippen LogP) is -0.144. The van der Waals surface area contributed by atoms with Crippen LogP contribution in [0, 0.1) is 0 Å². The van der Waals surface area contributed by atoms with Gasteiger partial charge < -0.3 is 10.4 Å². The van der Waals surface area contributed by atoms with Crippen molar-refractivity contribution in [3.05, 3.63) is 0 Å². The molecule has 2 aliphatic rings. The summed E-state index contributed by atoms with van der Waals surface area (Å²) in [4.78, 5) is 10.7. The van der Waals surface area contributed by atoms with Gasteiger partial charge in [0.1, 0.15) is 6.04 Å². The zero-order valence-corrected chi connectivity index (χ0v) is 8.19. The smallest absolute Gasteiger partial charge is 0.321 e. The lowest BCUT2D eigenvalue weighted by molar-refractivity contribution is -0.138. The number of aliphatic carboxylic acids is 1. The standard InChI is InChI=1S/C8H14N2O2S/c11-7(12)6-4-13-8(10-6)2-1-3-9-5-8/h6,9-10H,1-5H2,(H,11,12). The third-order valence-electron chi connectivity index (χ3n) is 2.61. The number of carbonyl (C=O) groups is 1. The fourth-order valence-electron chi connectivity index (χ4n) is 1.90. The molecule has 0 amide bonds. The minimum atomic E-state index is -0.727. The van der Waals surface area contributed by atoms with Gasteiger partial charge in [-0.1, -0.05) is 0 Å². The van der Waals surface area contributed by atoms with E-state index in [1.165, 1.54) is 0 Å². The number of rotatable bonds is 1. The summed E-state index contributed by atoms with van der Waals surface area (Å²) in [6.07, 6.45) is 2.21. The van der Waals surface area contributed by atoms with E-state index in [2.05, 4.69) is 10.6 Å². The fourth-order valence-corrected chi connectivity index (χ4v) is 3.33. The van der Waals surface area contributed by atoms with Crippen molar-refractivity contribution in [3.8, 4) is 0 Å². The molecule has 2 aliphatic heterocycles. The molecule has 13 heavy (non-hydrogen) atoms. The summed E-state index contributed by atoms with van der Waals surface area (Å²) in [6, 6.07) is -0.357. The van der Waals surface area contributed by atoms with Gasteiger partial charge in [0.25, 0.3) is 0 Å². The van der Waals surface area contributed by atoms with Crippen LogP contribution in [0.3, 0.4) is 0 Å². The Morgan fingerprint density at radius 2 is 2.46 bits per heavy atom. The molecule has 4 nitrogen and oxygen atoms in total. The Kier molecular flexibility index (Phi) is 2.49. The van der Waals surface area contributed by atoms with Gasteiger partial charge in [-0.25, -0.2) is 0 Å². The number of carboxylic acids is 1. The van der Waals surface area contributed by atoms with E-state index in [0.29, 0.717) is 5.75 Å². The molecular formula is C8H14N2O2S. The lowest BCUT2D eigenvalue weighted by Crippen LogP contribution is -2.53. The van der Waals surface area contributed by atoms with E-state index in [9.17, 15) is 4.79 Å². The SMILES string of the molecule is O=C(O)C1CSC2(CCCNC2)N1. The third-order valence-corrected chi connectivity index (χ3v) is 4.13. The van der Waals surface area contributed by atoms with Crippen molar-refractivity contribution in [2.75, 3.05) is 18.8 Å². The van der Waals surface area contributed by atoms with Crippen molar-refractivity contribution < 1.29 is 9.90 Å². The van der Waals surface area contributed by atoms with Gasteiger partial charge in [-0.05, 0) is 19.4 Å². The maximum Gasteiger partial charge on any atom is 0.321 e. The predicted molar refractivity (Wildman–Crippen MR) is 51.9 cm³/mol. The average molecular weight is 202 g/mol. The minimum absolute atomic E-state index is 0.00130. The van der Waals surface area contributed by atoms with E-state index < -0.39 is 5.97 Å². The van der Waals surface area contributed by atoms with Crippen molar-refractivity contribution in [2.45, 2.75) is 23.8 Å². The second kappa shape index (κ2) is 3.48. The van der Waals surface area contributed by atoms with E-state index in [1.54, 1.807) is 11.8 Å². The normalized spacial score (nSPS) is 39.5. The van der Waals surface area contributed by atoms with Crippen LogP contribution in [0.5, 0.6) is 0 Å². The van der Waals surface area contributed by atoms with Gasteiger partial charge in [0.15, 0.2) is 0 Å². The molecule has 0 saturated carbocycles. The molecule has 5 heteroatoms. The monoisotopic (exact) mass is 202 g/mol. The Balaban J connectivity index is 1.98. The molecule has 2 atom stereocenters. The van der Waals surface area contributed by atoms with E-state index in [0.717, 1.165) is 25.9 Å². The number of nitrogens with one attached hydrogen (secondary N) is 2. The van der Waals surface area contributed by atoms with E-state index in [-0.39, 0.29) is 10.9 Å². The van der Waals surface area contributed by atoms with Crippen LogP contribution in [-0.2, 0) is 4.79 Å². The van der Waals surface area contributed by atoms with Gasteiger partial charge in [0.05, 0.1) is 4.87 Å². The number of hydrogen-bond acceptors (Lipinski definition) is 4. The van der Waals surface area contributed by atoms with Crippen molar-refractivity contribution in [1.82, 2.24) is 10.6 Å². The summed E-state index contributed by atoms with van der Waals surface area (Å²) in [6.45, 7) is 1.95. The topological polar surface area (TPSA) is 61.4 Å². The molecule has 2 fully saturated rings. The van der Waals surface area contributed by atoms with E-state index >= 15 is 0 Å². The van der Waals surface area contributed by atoms with Crippen molar-refractivity contribution in [3.63, 3.8) is 0 Å². The molecule has 2 saturated heterocycles. The zero-order valence-electron chi connectivity index (χ0n) is 7.38. The minimum Gasteiger partial charge on any atom is -0.480 e. The van der Waals surface area contributed by atoms with Crippen LogP contribution >= 0.6 is 11.8 Å². The van der Waals surface area contributed by atoms with E-state index in [1.807, 2.05) is 0 Å². The first-order valence-electron chi connectivity index (χ1n) is 4.57. The molecule has 2 unspecified atom stereocenters. The Morgan fingerprint density at radius 1 is 1.62 bits per heavy atom. The Labute approximate surface area is 81.5 Å². The van der Waals surface area contributed by atoms with Gasteiger partial charge in [-0.2, -0.15) is 0 Å². The molecule has 74 valence electrons. The Bertz CT molecular complexity index is 216. The highest BCUT2D eigenvalue weighted by Gasteiger charge is 2.42. The van der Waals surface area contributed by atoms with Gasteiger partial charge in [-0.3, -0.25) is 10.1 Å². The molecular weight excluding hydrogens is 188 g/mol. The van der Waals surface area contributed by atoms with Crippen LogP contribution in [0.4, 0.5) is 0 Å². The van der Waals surface area contributed by atoms with Crippen LogP contribution < -0.4 is 10.6 Å². The second-order valence-electron chi connectivity index (χ2n) is 3.62. The highest BCUT2D eigenvalue weighted by atomic mass is 32.2. The van der Waals surface area contributed by atoms with Crippen LogP contribution in [0.15, 0.2) is 0 Å². The maximum atomic E-state index is 10.7. The molecule has 0 radical (unpaired) electrons. The van der Waals surface area contributed by atoms with Crippen LogP contribution in [-0.4, -0.2) is 40.8 Å². The molecule has 0 bridgehead atoms. The average Bonchev–Trinajstić information content (AvgIpc) is 2.51. The molecule has 0 aliphatic carbocycles. The van der Waals surface area contributed by atoms with Gasteiger partial charge >= 0.3 is 5.97 Å². The summed E-state index contributed by atoms with van der Waals surface area (Å²) in [5.41, 5.74) is 0. The molecule has 2 heterocycles. The summed E-state index contributed by atoms with van der Waals surface area (Å²) in [5, 5.41) is 15.3. The fraction of sp³-hybridized carbons (Fsp3) is 0.875. The molecule has 0 aromatic carbocycles. The zero-order chi connectivity index (χ0) is 9.31. The molecule has 0 aromatic rings. The summed E-state index contributed by atoms with van der Waals surface area (Å²) >= 11 is 1.75. The summed E-state index contributed by atoms with van der Waals surface area (Å²) < 4.78 is 0. The van der Waals surface area contributed by atoms with Crippen LogP contribution in [0.1, 0.15) is 12.8 Å². The first-order chi connectivity index (χ1) is 6.22. The van der Waals surface area contributed by atoms with Crippen molar-refractivity contribution in [2.24, 2.45) is 0 Å². The van der Waals surface area contributed by atoms with E-state index in [4.69, 9.17) is 5.11 Å². The highest BCUT2D eigenvalue weighted by Crippen LogP contribution is 2.35.